The first-order valence-electron chi connectivity index (χ1n) is 8.55. The summed E-state index contributed by atoms with van der Waals surface area (Å²) in [5, 5.41) is 15.9. The summed E-state index contributed by atoms with van der Waals surface area (Å²) in [7, 11) is 0. The first kappa shape index (κ1) is 19.0. The van der Waals surface area contributed by atoms with Crippen molar-refractivity contribution in [3.63, 3.8) is 0 Å². The van der Waals surface area contributed by atoms with Crippen molar-refractivity contribution in [3.05, 3.63) is 77.7 Å². The van der Waals surface area contributed by atoms with Gasteiger partial charge in [-0.1, -0.05) is 36.4 Å². The quantitative estimate of drug-likeness (QED) is 0.603. The molecule has 8 nitrogen and oxygen atoms in total. The fourth-order valence-corrected chi connectivity index (χ4v) is 2.76. The van der Waals surface area contributed by atoms with Gasteiger partial charge < -0.3 is 10.4 Å². The van der Waals surface area contributed by atoms with Gasteiger partial charge in [0.2, 0.25) is 0 Å². The minimum Gasteiger partial charge on any atom is -0.475 e. The molecule has 0 radical (unpaired) electrons. The number of aromatic nitrogens is 3. The van der Waals surface area contributed by atoms with E-state index in [1.54, 1.807) is 61.7 Å². The van der Waals surface area contributed by atoms with Gasteiger partial charge in [0.15, 0.2) is 5.82 Å². The Bertz CT molecular complexity index is 1000. The van der Waals surface area contributed by atoms with Crippen molar-refractivity contribution >= 4 is 17.7 Å². The van der Waals surface area contributed by atoms with Gasteiger partial charge >= 0.3 is 5.97 Å². The molecule has 0 aliphatic heterocycles. The molecule has 2 heterocycles. The zero-order valence-corrected chi connectivity index (χ0v) is 15.1. The van der Waals surface area contributed by atoms with Gasteiger partial charge in [0.25, 0.3) is 11.7 Å². The predicted molar refractivity (Wildman–Crippen MR) is 100 cm³/mol. The van der Waals surface area contributed by atoms with Crippen molar-refractivity contribution in [1.82, 2.24) is 20.1 Å². The number of hydrogen-bond acceptors (Lipinski definition) is 5. The normalized spacial score (nSPS) is 11.6. The van der Waals surface area contributed by atoms with Gasteiger partial charge in [0.1, 0.15) is 11.7 Å². The number of amides is 1. The van der Waals surface area contributed by atoms with E-state index in [9.17, 15) is 14.4 Å². The smallest absolute Gasteiger partial charge is 0.374 e. The summed E-state index contributed by atoms with van der Waals surface area (Å²) >= 11 is 0. The summed E-state index contributed by atoms with van der Waals surface area (Å²) in [6.45, 7) is 1.72. The number of rotatable bonds is 7. The third kappa shape index (κ3) is 4.29. The highest BCUT2D eigenvalue weighted by Gasteiger charge is 2.28. The maximum Gasteiger partial charge on any atom is 0.374 e. The number of aryl methyl sites for hydroxylation is 1. The molecule has 2 aromatic heterocycles. The fourth-order valence-electron chi connectivity index (χ4n) is 2.76. The minimum atomic E-state index is -1.60. The van der Waals surface area contributed by atoms with Gasteiger partial charge in [0, 0.05) is 12.6 Å². The highest BCUT2D eigenvalue weighted by atomic mass is 16.4. The Morgan fingerprint density at radius 1 is 1.11 bits per heavy atom. The fraction of sp³-hybridized carbons (Fsp3) is 0.150. The Balaban J connectivity index is 1.88. The molecular weight excluding hydrogens is 360 g/mol. The van der Waals surface area contributed by atoms with Crippen molar-refractivity contribution in [3.8, 4) is 5.82 Å². The van der Waals surface area contributed by atoms with Crippen molar-refractivity contribution in [2.75, 3.05) is 0 Å². The number of Topliss-reactive ketones (excluding diaryl/α,β-unsaturated/α-hetero) is 1. The van der Waals surface area contributed by atoms with Crippen LogP contribution in [-0.4, -0.2) is 43.6 Å². The average molecular weight is 378 g/mol. The zero-order chi connectivity index (χ0) is 20.1. The van der Waals surface area contributed by atoms with Crippen LogP contribution in [0.3, 0.4) is 0 Å². The molecule has 2 N–H and O–H groups in total. The van der Waals surface area contributed by atoms with Crippen LogP contribution in [0.2, 0.25) is 0 Å². The number of nitrogens with zero attached hydrogens (tertiary/aromatic N) is 3. The Kier molecular flexibility index (Phi) is 5.59. The molecule has 1 atom stereocenters. The third-order valence-corrected chi connectivity index (χ3v) is 4.05. The van der Waals surface area contributed by atoms with Gasteiger partial charge in [0.05, 0.1) is 5.69 Å². The number of carbonyl (C=O) groups is 3. The molecule has 0 aliphatic carbocycles. The number of hydrogen-bond donors (Lipinski definition) is 2. The molecule has 0 saturated heterocycles. The zero-order valence-electron chi connectivity index (χ0n) is 15.1. The first-order chi connectivity index (χ1) is 13.5. The molecular formula is C20H18N4O4. The number of carboxylic acid groups (broad SMARTS) is 1. The number of aliphatic carboxylic acids is 1. The van der Waals surface area contributed by atoms with E-state index in [2.05, 4.69) is 15.4 Å². The molecule has 1 amide bonds. The Morgan fingerprint density at radius 3 is 2.46 bits per heavy atom. The summed E-state index contributed by atoms with van der Waals surface area (Å²) < 4.78 is 1.36. The van der Waals surface area contributed by atoms with Crippen LogP contribution < -0.4 is 5.32 Å². The molecule has 0 fully saturated rings. The van der Waals surface area contributed by atoms with Crippen molar-refractivity contribution in [2.24, 2.45) is 0 Å². The molecule has 28 heavy (non-hydrogen) atoms. The van der Waals surface area contributed by atoms with E-state index in [1.165, 1.54) is 4.68 Å². The van der Waals surface area contributed by atoms with Gasteiger partial charge in [-0.15, -0.1) is 0 Å². The summed E-state index contributed by atoms with van der Waals surface area (Å²) in [5.74, 6) is -2.86. The number of carboxylic acids is 1. The Morgan fingerprint density at radius 2 is 1.82 bits per heavy atom. The van der Waals surface area contributed by atoms with Crippen LogP contribution >= 0.6 is 0 Å². The van der Waals surface area contributed by atoms with E-state index >= 15 is 0 Å². The second-order valence-electron chi connectivity index (χ2n) is 6.16. The lowest BCUT2D eigenvalue weighted by molar-refractivity contribution is -0.149. The number of benzene rings is 1. The topological polar surface area (TPSA) is 114 Å². The van der Waals surface area contributed by atoms with Crippen LogP contribution in [0.4, 0.5) is 0 Å². The highest BCUT2D eigenvalue weighted by molar-refractivity contribution is 6.35. The minimum absolute atomic E-state index is 0.0639. The summed E-state index contributed by atoms with van der Waals surface area (Å²) in [6, 6.07) is 14.4. The van der Waals surface area contributed by atoms with E-state index in [1.807, 2.05) is 6.07 Å². The van der Waals surface area contributed by atoms with E-state index in [0.29, 0.717) is 11.5 Å². The predicted octanol–water partition coefficient (Wildman–Crippen LogP) is 1.57. The first-order valence-corrected chi connectivity index (χ1v) is 8.55. The number of carbonyl (C=O) groups excluding carboxylic acids is 2. The molecule has 0 bridgehead atoms. The summed E-state index contributed by atoms with van der Waals surface area (Å²) in [5.41, 5.74) is 1.48. The molecule has 8 heteroatoms. The standard InChI is InChI=1S/C20H18N4O4/c1-13-11-16(24(23-13)17-9-5-6-10-21-17)19(26)22-15(18(25)20(27)28)12-14-7-3-2-4-8-14/h2-11,15H,12H2,1H3,(H,22,26)(H,27,28). The van der Waals surface area contributed by atoms with Crippen LogP contribution in [0.25, 0.3) is 5.82 Å². The number of pyridine rings is 1. The summed E-state index contributed by atoms with van der Waals surface area (Å²) in [4.78, 5) is 40.3. The highest BCUT2D eigenvalue weighted by Crippen LogP contribution is 2.12. The van der Waals surface area contributed by atoms with E-state index in [-0.39, 0.29) is 12.1 Å². The molecule has 3 aromatic rings. The van der Waals surface area contributed by atoms with Crippen LogP contribution in [0, 0.1) is 6.92 Å². The largest absolute Gasteiger partial charge is 0.475 e. The van der Waals surface area contributed by atoms with Crippen LogP contribution in [0.5, 0.6) is 0 Å². The molecule has 0 spiro atoms. The number of ketones is 1. The monoisotopic (exact) mass is 378 g/mol. The van der Waals surface area contributed by atoms with Crippen LogP contribution in [0.1, 0.15) is 21.7 Å². The molecule has 1 aromatic carbocycles. The second kappa shape index (κ2) is 8.26. The lowest BCUT2D eigenvalue weighted by atomic mass is 10.0. The second-order valence-corrected chi connectivity index (χ2v) is 6.16. The molecule has 1 unspecified atom stereocenters. The van der Waals surface area contributed by atoms with Gasteiger partial charge in [-0.2, -0.15) is 5.10 Å². The third-order valence-electron chi connectivity index (χ3n) is 4.05. The molecule has 3 rings (SSSR count). The van der Waals surface area contributed by atoms with Gasteiger partial charge in [-0.05, 0) is 30.7 Å². The maximum atomic E-state index is 12.8. The maximum absolute atomic E-state index is 12.8. The Hall–Kier alpha value is -3.81. The van der Waals surface area contributed by atoms with E-state index in [0.717, 1.165) is 5.56 Å². The SMILES string of the molecule is Cc1cc(C(=O)NC(Cc2ccccc2)C(=O)C(=O)O)n(-c2ccccn2)n1. The molecule has 0 aliphatic rings. The van der Waals surface area contributed by atoms with Crippen molar-refractivity contribution in [1.29, 1.82) is 0 Å². The molecule has 142 valence electrons. The lowest BCUT2D eigenvalue weighted by Gasteiger charge is -2.16. The van der Waals surface area contributed by atoms with Crippen molar-refractivity contribution < 1.29 is 19.5 Å². The number of nitrogens with one attached hydrogen (secondary N) is 1. The average Bonchev–Trinajstić information content (AvgIpc) is 3.10. The van der Waals surface area contributed by atoms with Crippen molar-refractivity contribution in [2.45, 2.75) is 19.4 Å². The molecule has 0 saturated carbocycles. The van der Waals surface area contributed by atoms with Crippen LogP contribution in [-0.2, 0) is 16.0 Å². The summed E-state index contributed by atoms with van der Waals surface area (Å²) in [6.07, 6.45) is 1.63. The van der Waals surface area contributed by atoms with E-state index < -0.39 is 23.7 Å². The van der Waals surface area contributed by atoms with Gasteiger partial charge in [-0.3, -0.25) is 9.59 Å². The van der Waals surface area contributed by atoms with Crippen LogP contribution in [0.15, 0.2) is 60.8 Å². The lowest BCUT2D eigenvalue weighted by Crippen LogP contribution is -2.45. The van der Waals surface area contributed by atoms with Gasteiger partial charge in [-0.25, -0.2) is 14.5 Å². The van der Waals surface area contributed by atoms with E-state index in [4.69, 9.17) is 5.11 Å². The Labute approximate surface area is 160 Å².